The lowest BCUT2D eigenvalue weighted by Gasteiger charge is -2.22. The Morgan fingerprint density at radius 3 is 2.40 bits per heavy atom. The molecule has 1 N–H and O–H groups in total. The number of hydrogen-bond acceptors (Lipinski definition) is 8. The fourth-order valence-electron chi connectivity index (χ4n) is 3.03. The first kappa shape index (κ1) is 19.5. The van der Waals surface area contributed by atoms with Crippen molar-refractivity contribution in [3.05, 3.63) is 89.8 Å². The molecule has 152 valence electrons. The van der Waals surface area contributed by atoms with Crippen molar-refractivity contribution < 1.29 is 9.59 Å². The Hall–Kier alpha value is -3.85. The largest absolute Gasteiger partial charge is 0.294 e. The lowest BCUT2D eigenvalue weighted by molar-refractivity contribution is 0.0891. The van der Waals surface area contributed by atoms with E-state index < -0.39 is 0 Å². The number of carbonyl (C=O) groups is 2. The summed E-state index contributed by atoms with van der Waals surface area (Å²) in [5.74, 6) is -0.488. The minimum absolute atomic E-state index is 0.192. The SMILES string of the molecule is Cc1ccnc(C(=O)CC(=O)c2ccc(CN3C=CN(Cn4nccn4)N3)cc2)c1. The van der Waals surface area contributed by atoms with Gasteiger partial charge in [-0.2, -0.15) is 15.0 Å². The van der Waals surface area contributed by atoms with E-state index >= 15 is 0 Å². The fourth-order valence-corrected chi connectivity index (χ4v) is 3.03. The molecule has 0 amide bonds. The lowest BCUT2D eigenvalue weighted by Crippen LogP contribution is -2.40. The highest BCUT2D eigenvalue weighted by Crippen LogP contribution is 2.13. The Morgan fingerprint density at radius 2 is 1.67 bits per heavy atom. The van der Waals surface area contributed by atoms with Crippen LogP contribution in [0.15, 0.2) is 67.4 Å². The van der Waals surface area contributed by atoms with E-state index in [4.69, 9.17) is 0 Å². The van der Waals surface area contributed by atoms with Crippen LogP contribution in [-0.4, -0.2) is 41.6 Å². The molecular formula is C21H21N7O2. The smallest absolute Gasteiger partial charge is 0.188 e. The van der Waals surface area contributed by atoms with Crippen molar-refractivity contribution in [2.45, 2.75) is 26.6 Å². The summed E-state index contributed by atoms with van der Waals surface area (Å²) in [6.07, 6.45) is 8.46. The molecule has 9 heteroatoms. The third-order valence-electron chi connectivity index (χ3n) is 4.58. The van der Waals surface area contributed by atoms with Crippen LogP contribution in [0, 0.1) is 6.92 Å². The molecule has 1 aromatic carbocycles. The Labute approximate surface area is 173 Å². The van der Waals surface area contributed by atoms with E-state index in [9.17, 15) is 9.59 Å². The van der Waals surface area contributed by atoms with E-state index in [-0.39, 0.29) is 18.0 Å². The zero-order chi connectivity index (χ0) is 20.9. The second kappa shape index (κ2) is 8.66. The van der Waals surface area contributed by atoms with Crippen molar-refractivity contribution in [1.29, 1.82) is 0 Å². The number of aryl methyl sites for hydroxylation is 1. The van der Waals surface area contributed by atoms with Gasteiger partial charge in [-0.3, -0.25) is 24.6 Å². The first-order chi connectivity index (χ1) is 14.6. The van der Waals surface area contributed by atoms with Crippen molar-refractivity contribution >= 4 is 11.6 Å². The Bertz CT molecular complexity index is 1060. The fraction of sp³-hybridized carbons (Fsp3) is 0.190. The molecule has 3 aromatic rings. The average Bonchev–Trinajstić information content (AvgIpc) is 3.41. The number of carbonyl (C=O) groups excluding carboxylic acids is 2. The van der Waals surface area contributed by atoms with Gasteiger partial charge in [-0.05, 0) is 30.2 Å². The quantitative estimate of drug-likeness (QED) is 0.451. The van der Waals surface area contributed by atoms with Gasteiger partial charge < -0.3 is 0 Å². The van der Waals surface area contributed by atoms with Crippen molar-refractivity contribution in [3.8, 4) is 0 Å². The maximum atomic E-state index is 12.5. The van der Waals surface area contributed by atoms with Gasteiger partial charge >= 0.3 is 0 Å². The number of nitrogens with zero attached hydrogens (tertiary/aromatic N) is 6. The number of nitrogens with one attached hydrogen (secondary N) is 1. The zero-order valence-electron chi connectivity index (χ0n) is 16.5. The van der Waals surface area contributed by atoms with Crippen LogP contribution in [0.1, 0.15) is 38.4 Å². The first-order valence-electron chi connectivity index (χ1n) is 9.47. The molecule has 9 nitrogen and oxygen atoms in total. The highest BCUT2D eigenvalue weighted by Gasteiger charge is 2.16. The van der Waals surface area contributed by atoms with Gasteiger partial charge in [0.15, 0.2) is 11.6 Å². The Morgan fingerprint density at radius 1 is 0.933 bits per heavy atom. The molecule has 1 aliphatic heterocycles. The highest BCUT2D eigenvalue weighted by atomic mass is 16.1. The van der Waals surface area contributed by atoms with Crippen molar-refractivity contribution in [1.82, 2.24) is 35.5 Å². The van der Waals surface area contributed by atoms with Crippen LogP contribution in [0.5, 0.6) is 0 Å². The van der Waals surface area contributed by atoms with Crippen LogP contribution < -0.4 is 5.53 Å². The van der Waals surface area contributed by atoms with Crippen molar-refractivity contribution in [2.75, 3.05) is 0 Å². The normalized spacial score (nSPS) is 13.1. The summed E-state index contributed by atoms with van der Waals surface area (Å²) >= 11 is 0. The summed E-state index contributed by atoms with van der Waals surface area (Å²) in [5, 5.41) is 11.9. The van der Waals surface area contributed by atoms with E-state index in [1.165, 1.54) is 0 Å². The molecule has 3 heterocycles. The summed E-state index contributed by atoms with van der Waals surface area (Å²) in [7, 11) is 0. The van der Waals surface area contributed by atoms with Crippen LogP contribution in [0.25, 0.3) is 0 Å². The van der Waals surface area contributed by atoms with Crippen LogP contribution in [0.3, 0.4) is 0 Å². The van der Waals surface area contributed by atoms with E-state index in [0.717, 1.165) is 11.1 Å². The van der Waals surface area contributed by atoms with E-state index in [1.807, 2.05) is 47.5 Å². The standard InChI is InChI=1S/C21H21N7O2/c1-16-6-7-22-19(12-16)21(30)13-20(29)18-4-2-17(3-5-18)14-26-10-11-27(25-26)15-28-23-8-9-24-28/h2-12,25H,13-15H2,1H3. The minimum Gasteiger partial charge on any atom is -0.294 e. The maximum Gasteiger partial charge on any atom is 0.188 e. The topological polar surface area (TPSA) is 96.3 Å². The molecule has 0 aliphatic carbocycles. The summed E-state index contributed by atoms with van der Waals surface area (Å²) in [4.78, 5) is 30.4. The number of rotatable bonds is 8. The highest BCUT2D eigenvalue weighted by molar-refractivity contribution is 6.12. The monoisotopic (exact) mass is 403 g/mol. The van der Waals surface area contributed by atoms with E-state index in [1.54, 1.807) is 41.6 Å². The number of hydrogen-bond donors (Lipinski definition) is 1. The predicted molar refractivity (Wildman–Crippen MR) is 108 cm³/mol. The Kier molecular flexibility index (Phi) is 5.62. The molecule has 0 unspecified atom stereocenters. The van der Waals surface area contributed by atoms with Gasteiger partial charge in [0.25, 0.3) is 0 Å². The number of hydrazine groups is 2. The third kappa shape index (κ3) is 4.76. The third-order valence-corrected chi connectivity index (χ3v) is 4.58. The van der Waals surface area contributed by atoms with Crippen LogP contribution in [0.4, 0.5) is 0 Å². The van der Waals surface area contributed by atoms with Gasteiger partial charge in [-0.15, -0.1) is 5.53 Å². The molecule has 4 rings (SSSR count). The number of aromatic nitrogens is 4. The zero-order valence-corrected chi connectivity index (χ0v) is 16.5. The summed E-state index contributed by atoms with van der Waals surface area (Å²) < 4.78 is 0. The molecule has 0 atom stereocenters. The molecule has 0 radical (unpaired) electrons. The molecule has 0 bridgehead atoms. The van der Waals surface area contributed by atoms with Gasteiger partial charge in [-0.25, -0.2) is 0 Å². The van der Waals surface area contributed by atoms with Gasteiger partial charge in [0.1, 0.15) is 12.4 Å². The molecule has 2 aromatic heterocycles. The minimum atomic E-state index is -0.272. The molecule has 30 heavy (non-hydrogen) atoms. The predicted octanol–water partition coefficient (Wildman–Crippen LogP) is 2.10. The Balaban J connectivity index is 1.30. The number of Topliss-reactive ketones (excluding diaryl/α,β-unsaturated/α-hetero) is 2. The molecule has 0 saturated heterocycles. The second-order valence-electron chi connectivity index (χ2n) is 6.98. The van der Waals surface area contributed by atoms with Crippen LogP contribution in [0.2, 0.25) is 0 Å². The molecular weight excluding hydrogens is 382 g/mol. The second-order valence-corrected chi connectivity index (χ2v) is 6.98. The summed E-state index contributed by atoms with van der Waals surface area (Å²) in [6.45, 7) is 2.98. The molecule has 0 spiro atoms. The van der Waals surface area contributed by atoms with Gasteiger partial charge in [0.05, 0.1) is 25.4 Å². The van der Waals surface area contributed by atoms with Gasteiger partial charge in [0.2, 0.25) is 0 Å². The number of pyridine rings is 1. The maximum absolute atomic E-state index is 12.5. The molecule has 0 saturated carbocycles. The lowest BCUT2D eigenvalue weighted by atomic mass is 10.0. The average molecular weight is 403 g/mol. The first-order valence-corrected chi connectivity index (χ1v) is 9.47. The summed E-state index contributed by atoms with van der Waals surface area (Å²) in [6, 6.07) is 10.8. The van der Waals surface area contributed by atoms with E-state index in [2.05, 4.69) is 20.7 Å². The number of ketones is 2. The number of benzene rings is 1. The van der Waals surface area contributed by atoms with Gasteiger partial charge in [-0.1, -0.05) is 24.3 Å². The van der Waals surface area contributed by atoms with Gasteiger partial charge in [0, 0.05) is 24.2 Å². The van der Waals surface area contributed by atoms with Crippen molar-refractivity contribution in [2.24, 2.45) is 0 Å². The van der Waals surface area contributed by atoms with Crippen molar-refractivity contribution in [3.63, 3.8) is 0 Å². The molecule has 0 fully saturated rings. The van der Waals surface area contributed by atoms with Crippen LogP contribution >= 0.6 is 0 Å². The summed E-state index contributed by atoms with van der Waals surface area (Å²) in [5.41, 5.74) is 5.99. The van der Waals surface area contributed by atoms with E-state index in [0.29, 0.717) is 24.5 Å². The molecule has 1 aliphatic rings. The van der Waals surface area contributed by atoms with Crippen LogP contribution in [-0.2, 0) is 13.2 Å².